The Kier molecular flexibility index (Phi) is 5.98. The largest absolute Gasteiger partial charge is 0.350 e. The smallest absolute Gasteiger partial charge is 0.315 e. The number of thiazole rings is 1. The molecule has 0 radical (unpaired) electrons. The number of urea groups is 1. The zero-order valence-electron chi connectivity index (χ0n) is 12.3. The topological polar surface area (TPSA) is 83.1 Å². The molecule has 116 valence electrons. The van der Waals surface area contributed by atoms with E-state index in [2.05, 4.69) is 20.9 Å². The van der Waals surface area contributed by atoms with Gasteiger partial charge in [-0.05, 0) is 19.8 Å². The van der Waals surface area contributed by atoms with E-state index in [9.17, 15) is 9.59 Å². The van der Waals surface area contributed by atoms with Crippen LogP contribution in [0.2, 0.25) is 0 Å². The van der Waals surface area contributed by atoms with Crippen molar-refractivity contribution in [3.05, 3.63) is 16.1 Å². The van der Waals surface area contributed by atoms with Crippen LogP contribution in [0.4, 0.5) is 4.79 Å². The number of aryl methyl sites for hydroxylation is 1. The summed E-state index contributed by atoms with van der Waals surface area (Å²) < 4.78 is 0. The minimum absolute atomic E-state index is 0.00363. The van der Waals surface area contributed by atoms with Crippen molar-refractivity contribution in [3.63, 3.8) is 0 Å². The summed E-state index contributed by atoms with van der Waals surface area (Å²) in [7, 11) is 0. The van der Waals surface area contributed by atoms with Crippen LogP contribution in [0.5, 0.6) is 0 Å². The number of nitrogens with one attached hydrogen (secondary N) is 3. The van der Waals surface area contributed by atoms with Gasteiger partial charge < -0.3 is 16.0 Å². The second kappa shape index (κ2) is 7.97. The van der Waals surface area contributed by atoms with Gasteiger partial charge in [0.25, 0.3) is 0 Å². The normalized spacial score (nSPS) is 15.5. The van der Waals surface area contributed by atoms with Crippen molar-refractivity contribution in [2.24, 2.45) is 0 Å². The molecule has 3 N–H and O–H groups in total. The molecule has 0 saturated heterocycles. The van der Waals surface area contributed by atoms with Crippen molar-refractivity contribution in [2.45, 2.75) is 51.6 Å². The number of rotatable bonds is 5. The van der Waals surface area contributed by atoms with Crippen LogP contribution in [0.25, 0.3) is 0 Å². The second-order valence-corrected chi connectivity index (χ2v) is 6.60. The van der Waals surface area contributed by atoms with Crippen LogP contribution in [0.15, 0.2) is 6.20 Å². The fourth-order valence-corrected chi connectivity index (χ4v) is 3.11. The van der Waals surface area contributed by atoms with Crippen molar-refractivity contribution < 1.29 is 9.59 Å². The van der Waals surface area contributed by atoms with Gasteiger partial charge in [0.1, 0.15) is 0 Å². The van der Waals surface area contributed by atoms with Crippen LogP contribution in [-0.4, -0.2) is 29.5 Å². The zero-order chi connectivity index (χ0) is 15.1. The van der Waals surface area contributed by atoms with Crippen molar-refractivity contribution in [1.29, 1.82) is 0 Å². The lowest BCUT2D eigenvalue weighted by molar-refractivity contribution is -0.120. The molecule has 21 heavy (non-hydrogen) atoms. The molecule has 2 rings (SSSR count). The third-order valence-electron chi connectivity index (χ3n) is 3.48. The van der Waals surface area contributed by atoms with Gasteiger partial charge in [-0.1, -0.05) is 19.3 Å². The molecule has 3 amide bonds. The van der Waals surface area contributed by atoms with E-state index in [1.165, 1.54) is 19.3 Å². The molecule has 0 aromatic carbocycles. The Hall–Kier alpha value is -1.63. The lowest BCUT2D eigenvalue weighted by Gasteiger charge is -2.22. The number of hydrogen-bond donors (Lipinski definition) is 3. The molecule has 1 aromatic rings. The fraction of sp³-hybridized carbons (Fsp3) is 0.643. The van der Waals surface area contributed by atoms with Crippen LogP contribution in [-0.2, 0) is 11.3 Å². The predicted octanol–water partition coefficient (Wildman–Crippen LogP) is 1.70. The van der Waals surface area contributed by atoms with Crippen LogP contribution >= 0.6 is 11.3 Å². The van der Waals surface area contributed by atoms with E-state index in [1.54, 1.807) is 17.5 Å². The molecule has 0 atom stereocenters. The number of nitrogens with zero attached hydrogens (tertiary/aromatic N) is 1. The molecule has 0 bridgehead atoms. The monoisotopic (exact) mass is 310 g/mol. The standard InChI is InChI=1S/C14H22N4O2S/c1-10-15-7-12(21-10)8-16-13(19)9-17-14(20)18-11-5-3-2-4-6-11/h7,11H,2-6,8-9H2,1H3,(H,16,19)(H2,17,18,20). The average molecular weight is 310 g/mol. The summed E-state index contributed by atoms with van der Waals surface area (Å²) in [5.41, 5.74) is 0. The molecule has 1 fully saturated rings. The van der Waals surface area contributed by atoms with Crippen molar-refractivity contribution in [2.75, 3.05) is 6.54 Å². The van der Waals surface area contributed by atoms with Crippen LogP contribution in [0, 0.1) is 6.92 Å². The summed E-state index contributed by atoms with van der Waals surface area (Å²) in [5.74, 6) is -0.195. The van der Waals surface area contributed by atoms with Gasteiger partial charge in [-0.3, -0.25) is 4.79 Å². The van der Waals surface area contributed by atoms with E-state index in [4.69, 9.17) is 0 Å². The molecule has 1 aliphatic carbocycles. The number of hydrogen-bond acceptors (Lipinski definition) is 4. The van der Waals surface area contributed by atoms with Crippen LogP contribution in [0.1, 0.15) is 42.0 Å². The van der Waals surface area contributed by atoms with Crippen LogP contribution < -0.4 is 16.0 Å². The summed E-state index contributed by atoms with van der Waals surface area (Å²) in [5, 5.41) is 9.25. The zero-order valence-corrected chi connectivity index (χ0v) is 13.1. The summed E-state index contributed by atoms with van der Waals surface area (Å²) >= 11 is 1.55. The highest BCUT2D eigenvalue weighted by molar-refractivity contribution is 7.11. The molecule has 6 nitrogen and oxygen atoms in total. The van der Waals surface area contributed by atoms with E-state index >= 15 is 0 Å². The molecule has 0 unspecified atom stereocenters. The quantitative estimate of drug-likeness (QED) is 0.774. The van der Waals surface area contributed by atoms with Crippen LogP contribution in [0.3, 0.4) is 0 Å². The predicted molar refractivity (Wildman–Crippen MR) is 82.1 cm³/mol. The molecule has 1 aromatic heterocycles. The van der Waals surface area contributed by atoms with Gasteiger partial charge >= 0.3 is 6.03 Å². The first-order valence-electron chi connectivity index (χ1n) is 7.36. The van der Waals surface area contributed by atoms with Gasteiger partial charge in [-0.25, -0.2) is 9.78 Å². The van der Waals surface area contributed by atoms with Crippen molar-refractivity contribution >= 4 is 23.3 Å². The highest BCUT2D eigenvalue weighted by Crippen LogP contribution is 2.17. The number of carbonyl (C=O) groups excluding carboxylic acids is 2. The van der Waals surface area contributed by atoms with Crippen molar-refractivity contribution in [1.82, 2.24) is 20.9 Å². The summed E-state index contributed by atoms with van der Waals surface area (Å²) in [6, 6.07) is -0.00679. The molecule has 7 heteroatoms. The summed E-state index contributed by atoms with van der Waals surface area (Å²) in [6.07, 6.45) is 7.40. The lowest BCUT2D eigenvalue weighted by atomic mass is 9.96. The third-order valence-corrected chi connectivity index (χ3v) is 4.39. The molecular weight excluding hydrogens is 288 g/mol. The first-order chi connectivity index (χ1) is 10.1. The third kappa shape index (κ3) is 5.71. The van der Waals surface area contributed by atoms with E-state index < -0.39 is 0 Å². The van der Waals surface area contributed by atoms with Gasteiger partial charge in [-0.15, -0.1) is 11.3 Å². The lowest BCUT2D eigenvalue weighted by Crippen LogP contribution is -2.46. The highest BCUT2D eigenvalue weighted by atomic mass is 32.1. The number of amides is 3. The second-order valence-electron chi connectivity index (χ2n) is 5.28. The van der Waals surface area contributed by atoms with Gasteiger partial charge in [0.15, 0.2) is 0 Å². The molecule has 1 saturated carbocycles. The van der Waals surface area contributed by atoms with E-state index in [0.717, 1.165) is 22.7 Å². The maximum absolute atomic E-state index is 11.7. The van der Waals surface area contributed by atoms with E-state index in [1.807, 2.05) is 6.92 Å². The summed E-state index contributed by atoms with van der Waals surface area (Å²) in [4.78, 5) is 28.5. The first-order valence-corrected chi connectivity index (χ1v) is 8.17. The van der Waals surface area contributed by atoms with E-state index in [0.29, 0.717) is 6.54 Å². The Morgan fingerprint density at radius 2 is 2.05 bits per heavy atom. The molecule has 0 aliphatic heterocycles. The Balaban J connectivity index is 1.60. The molecule has 0 spiro atoms. The molecule has 1 aliphatic rings. The van der Waals surface area contributed by atoms with Gasteiger partial charge in [0.05, 0.1) is 18.1 Å². The Labute approximate surface area is 128 Å². The van der Waals surface area contributed by atoms with Gasteiger partial charge in [-0.2, -0.15) is 0 Å². The maximum atomic E-state index is 11.7. The number of aromatic nitrogens is 1. The fourth-order valence-electron chi connectivity index (χ4n) is 2.38. The Morgan fingerprint density at radius 1 is 1.29 bits per heavy atom. The van der Waals surface area contributed by atoms with Crippen molar-refractivity contribution in [3.8, 4) is 0 Å². The highest BCUT2D eigenvalue weighted by Gasteiger charge is 2.15. The SMILES string of the molecule is Cc1ncc(CNC(=O)CNC(=O)NC2CCCCC2)s1. The number of carbonyl (C=O) groups is 2. The van der Waals surface area contributed by atoms with Gasteiger partial charge in [0, 0.05) is 17.1 Å². The van der Waals surface area contributed by atoms with Gasteiger partial charge in [0.2, 0.25) is 5.91 Å². The average Bonchev–Trinajstić information content (AvgIpc) is 2.90. The molecule has 1 heterocycles. The Bertz CT molecular complexity index is 483. The maximum Gasteiger partial charge on any atom is 0.315 e. The minimum Gasteiger partial charge on any atom is -0.350 e. The minimum atomic E-state index is -0.259. The Morgan fingerprint density at radius 3 is 2.71 bits per heavy atom. The van der Waals surface area contributed by atoms with E-state index in [-0.39, 0.29) is 24.5 Å². The summed E-state index contributed by atoms with van der Waals surface area (Å²) in [6.45, 7) is 2.37. The first kappa shape index (κ1) is 15.8. The molecular formula is C14H22N4O2S.